The second-order valence-electron chi connectivity index (χ2n) is 4.71. The largest absolute Gasteiger partial charge is 0.372 e. The number of anilines is 1. The zero-order valence-electron chi connectivity index (χ0n) is 11.3. The monoisotopic (exact) mass is 355 g/mol. The Labute approximate surface area is 129 Å². The number of non-ortho nitro benzene ring substituents is 1. The van der Waals surface area contributed by atoms with Crippen molar-refractivity contribution in [1.29, 1.82) is 0 Å². The van der Waals surface area contributed by atoms with Crippen LogP contribution in [0.15, 0.2) is 22.7 Å². The molecule has 1 aliphatic rings. The van der Waals surface area contributed by atoms with E-state index in [4.69, 9.17) is 0 Å². The van der Waals surface area contributed by atoms with Gasteiger partial charge in [0, 0.05) is 23.2 Å². The number of amides is 2. The first-order chi connectivity index (χ1) is 9.93. The number of carbonyl (C=O) groups is 2. The van der Waals surface area contributed by atoms with Gasteiger partial charge in [0.05, 0.1) is 17.0 Å². The van der Waals surface area contributed by atoms with Crippen molar-refractivity contribution in [3.63, 3.8) is 0 Å². The van der Waals surface area contributed by atoms with E-state index < -0.39 is 11.0 Å². The predicted octanol–water partition coefficient (Wildman–Crippen LogP) is 2.31. The van der Waals surface area contributed by atoms with Crippen LogP contribution in [0.1, 0.15) is 19.8 Å². The third-order valence-corrected chi connectivity index (χ3v) is 3.87. The molecule has 2 amide bonds. The summed E-state index contributed by atoms with van der Waals surface area (Å²) in [6.45, 7) is 2.28. The van der Waals surface area contributed by atoms with Gasteiger partial charge in [0.2, 0.25) is 5.91 Å². The summed E-state index contributed by atoms with van der Waals surface area (Å²) in [4.78, 5) is 35.4. The van der Waals surface area contributed by atoms with Crippen molar-refractivity contribution in [2.45, 2.75) is 25.8 Å². The van der Waals surface area contributed by atoms with Gasteiger partial charge in [-0.05, 0) is 28.4 Å². The first-order valence-corrected chi connectivity index (χ1v) is 7.28. The summed E-state index contributed by atoms with van der Waals surface area (Å²) < 4.78 is 0.599. The number of carbonyl (C=O) groups excluding carboxylic acids is 2. The molecule has 21 heavy (non-hydrogen) atoms. The van der Waals surface area contributed by atoms with Crippen LogP contribution in [0, 0.1) is 10.1 Å². The van der Waals surface area contributed by atoms with Crippen LogP contribution in [0.4, 0.5) is 11.4 Å². The summed E-state index contributed by atoms with van der Waals surface area (Å²) in [5.41, 5.74) is 0.344. The number of benzene rings is 1. The molecule has 1 saturated heterocycles. The summed E-state index contributed by atoms with van der Waals surface area (Å²) in [5, 5.41) is 13.7. The Kier molecular flexibility index (Phi) is 4.56. The molecule has 1 atom stereocenters. The molecule has 8 heteroatoms. The Morgan fingerprint density at radius 3 is 2.81 bits per heavy atom. The Bertz CT molecular complexity index is 605. The van der Waals surface area contributed by atoms with E-state index in [-0.39, 0.29) is 23.9 Å². The summed E-state index contributed by atoms with van der Waals surface area (Å²) >= 11 is 3.27. The first kappa shape index (κ1) is 15.4. The molecule has 1 aromatic rings. The fourth-order valence-electron chi connectivity index (χ4n) is 2.18. The van der Waals surface area contributed by atoms with Crippen molar-refractivity contribution in [1.82, 2.24) is 4.90 Å². The van der Waals surface area contributed by atoms with Crippen LogP contribution in [0.5, 0.6) is 0 Å². The van der Waals surface area contributed by atoms with Gasteiger partial charge in [0.15, 0.2) is 0 Å². The fourth-order valence-corrected chi connectivity index (χ4v) is 2.54. The van der Waals surface area contributed by atoms with Crippen molar-refractivity contribution in [2.75, 3.05) is 11.9 Å². The number of halogens is 1. The topological polar surface area (TPSA) is 92.6 Å². The molecule has 1 N–H and O–H groups in total. The van der Waals surface area contributed by atoms with Gasteiger partial charge in [-0.3, -0.25) is 24.6 Å². The number of nitrogens with zero attached hydrogens (tertiary/aromatic N) is 2. The average molecular weight is 356 g/mol. The van der Waals surface area contributed by atoms with E-state index in [0.717, 1.165) is 0 Å². The van der Waals surface area contributed by atoms with E-state index in [1.54, 1.807) is 0 Å². The van der Waals surface area contributed by atoms with Crippen LogP contribution in [-0.4, -0.2) is 34.2 Å². The van der Waals surface area contributed by atoms with Crippen LogP contribution >= 0.6 is 15.9 Å². The minimum Gasteiger partial charge on any atom is -0.372 e. The molecule has 1 aliphatic heterocycles. The predicted molar refractivity (Wildman–Crippen MR) is 79.8 cm³/mol. The number of hydrogen-bond donors (Lipinski definition) is 1. The molecule has 112 valence electrons. The molecule has 0 aliphatic carbocycles. The molecule has 2 rings (SSSR count). The zero-order valence-corrected chi connectivity index (χ0v) is 12.9. The number of imide groups is 1. The van der Waals surface area contributed by atoms with Crippen molar-refractivity contribution in [3.05, 3.63) is 32.8 Å². The molecule has 0 radical (unpaired) electrons. The molecule has 1 unspecified atom stereocenters. The van der Waals surface area contributed by atoms with Crippen molar-refractivity contribution in [3.8, 4) is 0 Å². The second-order valence-corrected chi connectivity index (χ2v) is 5.56. The molecular formula is C13H14BrN3O4. The average Bonchev–Trinajstić information content (AvgIpc) is 2.69. The molecule has 7 nitrogen and oxygen atoms in total. The van der Waals surface area contributed by atoms with Crippen LogP contribution in [0.2, 0.25) is 0 Å². The maximum atomic E-state index is 12.1. The summed E-state index contributed by atoms with van der Waals surface area (Å²) in [5.74, 6) is -0.513. The summed E-state index contributed by atoms with van der Waals surface area (Å²) in [6, 6.07) is 3.55. The van der Waals surface area contributed by atoms with E-state index >= 15 is 0 Å². The van der Waals surface area contributed by atoms with Gasteiger partial charge >= 0.3 is 0 Å². The number of rotatable bonds is 5. The van der Waals surface area contributed by atoms with Gasteiger partial charge in [0.1, 0.15) is 6.04 Å². The van der Waals surface area contributed by atoms with Crippen molar-refractivity contribution in [2.24, 2.45) is 0 Å². The Balaban J connectivity index is 2.19. The second kappa shape index (κ2) is 6.21. The standard InChI is InChI=1S/C13H14BrN3O4/c1-2-5-16-12(18)7-11(13(16)19)15-10-6-8(17(20)21)3-4-9(10)14/h3-4,6,11,15H,2,5,7H2,1H3. The Morgan fingerprint density at radius 2 is 2.19 bits per heavy atom. The van der Waals surface area contributed by atoms with E-state index in [1.165, 1.54) is 23.1 Å². The van der Waals surface area contributed by atoms with Crippen LogP contribution in [0.25, 0.3) is 0 Å². The van der Waals surface area contributed by atoms with Gasteiger partial charge in [-0.2, -0.15) is 0 Å². The van der Waals surface area contributed by atoms with Gasteiger partial charge in [-0.15, -0.1) is 0 Å². The third-order valence-electron chi connectivity index (χ3n) is 3.18. The Morgan fingerprint density at radius 1 is 1.48 bits per heavy atom. The molecule has 1 fully saturated rings. The van der Waals surface area contributed by atoms with Gasteiger partial charge in [0.25, 0.3) is 11.6 Å². The molecule has 0 spiro atoms. The van der Waals surface area contributed by atoms with Gasteiger partial charge in [-0.1, -0.05) is 6.92 Å². The molecule has 0 saturated carbocycles. The zero-order chi connectivity index (χ0) is 15.6. The molecule has 1 heterocycles. The summed E-state index contributed by atoms with van der Waals surface area (Å²) in [6.07, 6.45) is 0.763. The highest BCUT2D eigenvalue weighted by atomic mass is 79.9. The Hall–Kier alpha value is -1.96. The lowest BCUT2D eigenvalue weighted by Gasteiger charge is -2.15. The van der Waals surface area contributed by atoms with Crippen LogP contribution in [-0.2, 0) is 9.59 Å². The van der Waals surface area contributed by atoms with E-state index in [0.29, 0.717) is 23.1 Å². The number of nitro groups is 1. The summed E-state index contributed by atoms with van der Waals surface area (Å²) in [7, 11) is 0. The lowest BCUT2D eigenvalue weighted by molar-refractivity contribution is -0.384. The number of likely N-dealkylation sites (tertiary alicyclic amines) is 1. The van der Waals surface area contributed by atoms with Gasteiger partial charge < -0.3 is 5.32 Å². The smallest absolute Gasteiger partial charge is 0.271 e. The van der Waals surface area contributed by atoms with Crippen molar-refractivity contribution < 1.29 is 14.5 Å². The maximum absolute atomic E-state index is 12.1. The fraction of sp³-hybridized carbons (Fsp3) is 0.385. The SMILES string of the molecule is CCCN1C(=O)CC(Nc2cc([N+](=O)[O-])ccc2Br)C1=O. The van der Waals surface area contributed by atoms with E-state index in [1.807, 2.05) is 6.92 Å². The lowest BCUT2D eigenvalue weighted by Crippen LogP contribution is -2.35. The van der Waals surface area contributed by atoms with E-state index in [9.17, 15) is 19.7 Å². The van der Waals surface area contributed by atoms with E-state index in [2.05, 4.69) is 21.2 Å². The third kappa shape index (κ3) is 3.21. The number of hydrogen-bond acceptors (Lipinski definition) is 5. The highest BCUT2D eigenvalue weighted by Crippen LogP contribution is 2.29. The van der Waals surface area contributed by atoms with Crippen molar-refractivity contribution >= 4 is 39.1 Å². The lowest BCUT2D eigenvalue weighted by atomic mass is 10.2. The molecule has 0 aromatic heterocycles. The minimum atomic E-state index is -0.678. The molecule has 0 bridgehead atoms. The highest BCUT2D eigenvalue weighted by Gasteiger charge is 2.38. The quantitative estimate of drug-likeness (QED) is 0.497. The number of nitro benzene ring substituents is 1. The van der Waals surface area contributed by atoms with Gasteiger partial charge in [-0.25, -0.2) is 0 Å². The number of nitrogens with one attached hydrogen (secondary N) is 1. The minimum absolute atomic E-state index is 0.0635. The molecular weight excluding hydrogens is 342 g/mol. The molecule has 1 aromatic carbocycles. The maximum Gasteiger partial charge on any atom is 0.271 e. The highest BCUT2D eigenvalue weighted by molar-refractivity contribution is 9.10. The van der Waals surface area contributed by atoms with Crippen LogP contribution in [0.3, 0.4) is 0 Å². The normalized spacial score (nSPS) is 18.2. The first-order valence-electron chi connectivity index (χ1n) is 6.48. The van der Waals surface area contributed by atoms with Crippen LogP contribution < -0.4 is 5.32 Å².